The van der Waals surface area contributed by atoms with Crippen LogP contribution >= 0.6 is 0 Å². The Kier molecular flexibility index (Phi) is 14.2. The molecule has 0 aliphatic heterocycles. The molecule has 2 nitrogen and oxygen atoms in total. The molecule has 122 valence electrons. The number of nitrogens with two attached hydrogens (primary N) is 1. The minimum atomic E-state index is -0.0156. The summed E-state index contributed by atoms with van der Waals surface area (Å²) in [6.45, 7) is 13.1. The molecule has 0 aliphatic rings. The Balaban J connectivity index is -0.000000263. The van der Waals surface area contributed by atoms with Crippen LogP contribution in [0.15, 0.2) is 24.3 Å². The van der Waals surface area contributed by atoms with E-state index >= 15 is 0 Å². The number of rotatable bonds is 2. The summed E-state index contributed by atoms with van der Waals surface area (Å²) in [5.41, 5.74) is 6.50. The van der Waals surface area contributed by atoms with Gasteiger partial charge in [0.15, 0.2) is 0 Å². The summed E-state index contributed by atoms with van der Waals surface area (Å²) in [7, 11) is 0. The van der Waals surface area contributed by atoms with Gasteiger partial charge in [-0.05, 0) is 54.5 Å². The molecule has 0 fully saturated rings. The van der Waals surface area contributed by atoms with Crippen molar-refractivity contribution >= 4 is 0 Å². The van der Waals surface area contributed by atoms with Crippen molar-refractivity contribution in [1.29, 1.82) is 0 Å². The van der Waals surface area contributed by atoms with E-state index in [2.05, 4.69) is 47.6 Å². The number of benzene rings is 1. The molecule has 20 heavy (non-hydrogen) atoms. The molecular formula is C17H32NOPd-. The minimum Gasteiger partial charge on any atom is -0.370 e. The van der Waals surface area contributed by atoms with Crippen molar-refractivity contribution in [3.63, 3.8) is 0 Å². The van der Waals surface area contributed by atoms with Gasteiger partial charge in [-0.2, -0.15) is 35.9 Å². The van der Waals surface area contributed by atoms with Crippen LogP contribution in [0.2, 0.25) is 0 Å². The second-order valence-electron chi connectivity index (χ2n) is 6.25. The maximum Gasteiger partial charge on any atom is 0.0605 e. The van der Waals surface area contributed by atoms with E-state index in [0.717, 1.165) is 6.42 Å². The van der Waals surface area contributed by atoms with Gasteiger partial charge in [-0.3, -0.25) is 0 Å². The summed E-state index contributed by atoms with van der Waals surface area (Å²) in [6, 6.07) is 11.0. The van der Waals surface area contributed by atoms with Gasteiger partial charge in [0.25, 0.3) is 0 Å². The van der Waals surface area contributed by atoms with Crippen molar-refractivity contribution in [2.45, 2.75) is 66.6 Å². The summed E-state index contributed by atoms with van der Waals surface area (Å²) < 4.78 is 5.62. The molecule has 2 N–H and O–H groups in total. The first kappa shape index (κ1) is 24.8. The van der Waals surface area contributed by atoms with Crippen LogP contribution in [0.5, 0.6) is 0 Å². The molecule has 1 aromatic rings. The van der Waals surface area contributed by atoms with E-state index in [0.29, 0.717) is 6.54 Å². The van der Waals surface area contributed by atoms with Gasteiger partial charge in [-0.15, -0.1) is 0 Å². The molecule has 0 aliphatic carbocycles. The van der Waals surface area contributed by atoms with E-state index in [4.69, 9.17) is 10.5 Å². The van der Waals surface area contributed by atoms with Gasteiger partial charge in [0, 0.05) is 20.4 Å². The van der Waals surface area contributed by atoms with Gasteiger partial charge >= 0.3 is 0 Å². The molecule has 1 rings (SSSR count). The standard InChI is InChI=1S/C8H10N.C8H18O.CH4.Pd/c9-7-6-8-4-2-1-3-5-8;1-7(2,3)9-8(4,5)6;;/h1-4H,6-7,9H2;1-6H3;1H4;/q-1;;;. The van der Waals surface area contributed by atoms with Crippen molar-refractivity contribution in [2.24, 2.45) is 5.73 Å². The first-order chi connectivity index (χ1) is 8.14. The molecule has 0 unspecified atom stereocenters. The molecule has 1 aromatic carbocycles. The number of hydrogen-bond acceptors (Lipinski definition) is 2. The van der Waals surface area contributed by atoms with Crippen LogP contribution in [-0.2, 0) is 31.6 Å². The quantitative estimate of drug-likeness (QED) is 0.623. The Morgan fingerprint density at radius 3 is 1.80 bits per heavy atom. The number of hydrogen-bond donors (Lipinski definition) is 1. The van der Waals surface area contributed by atoms with Gasteiger partial charge in [0.1, 0.15) is 0 Å². The Bertz CT molecular complexity index is 300. The van der Waals surface area contributed by atoms with E-state index in [1.807, 2.05) is 24.3 Å². The molecule has 0 heterocycles. The first-order valence-electron chi connectivity index (χ1n) is 6.50. The fraction of sp³-hybridized carbons (Fsp3) is 0.647. The summed E-state index contributed by atoms with van der Waals surface area (Å²) in [5, 5.41) is 0. The summed E-state index contributed by atoms with van der Waals surface area (Å²) in [5.74, 6) is 0. The third-order valence-corrected chi connectivity index (χ3v) is 1.80. The predicted octanol–water partition coefficient (Wildman–Crippen LogP) is 4.22. The van der Waals surface area contributed by atoms with Gasteiger partial charge in [-0.1, -0.05) is 7.43 Å². The van der Waals surface area contributed by atoms with Crippen molar-refractivity contribution in [2.75, 3.05) is 6.54 Å². The van der Waals surface area contributed by atoms with E-state index in [9.17, 15) is 0 Å². The monoisotopic (exact) mass is 372 g/mol. The van der Waals surface area contributed by atoms with Crippen molar-refractivity contribution in [3.05, 3.63) is 35.9 Å². The topological polar surface area (TPSA) is 35.2 Å². The largest absolute Gasteiger partial charge is 0.370 e. The third-order valence-electron chi connectivity index (χ3n) is 1.80. The maximum atomic E-state index is 5.62. The maximum absolute atomic E-state index is 5.62. The van der Waals surface area contributed by atoms with Crippen LogP contribution in [0, 0.1) is 6.07 Å². The van der Waals surface area contributed by atoms with Crippen LogP contribution in [0.3, 0.4) is 0 Å². The van der Waals surface area contributed by atoms with Crippen LogP contribution < -0.4 is 5.73 Å². The molecule has 0 saturated heterocycles. The molecule has 0 spiro atoms. The molecule has 0 radical (unpaired) electrons. The smallest absolute Gasteiger partial charge is 0.0605 e. The molecule has 0 bridgehead atoms. The Labute approximate surface area is 140 Å². The van der Waals surface area contributed by atoms with Crippen molar-refractivity contribution in [3.8, 4) is 0 Å². The zero-order valence-electron chi connectivity index (χ0n) is 13.0. The normalized spacial score (nSPS) is 10.6. The van der Waals surface area contributed by atoms with Crippen LogP contribution in [0.1, 0.15) is 54.5 Å². The SMILES string of the molecule is C.CC(C)(C)OC(C)(C)C.NCCc1[c-]cccc1.[Pd]. The fourth-order valence-corrected chi connectivity index (χ4v) is 1.66. The van der Waals surface area contributed by atoms with Gasteiger partial charge in [0.2, 0.25) is 0 Å². The van der Waals surface area contributed by atoms with Crippen LogP contribution in [0.4, 0.5) is 0 Å². The number of ether oxygens (including phenoxy) is 1. The summed E-state index contributed by atoms with van der Waals surface area (Å²) in [6.07, 6.45) is 0.931. The Morgan fingerprint density at radius 1 is 1.05 bits per heavy atom. The zero-order valence-corrected chi connectivity index (χ0v) is 14.6. The zero-order chi connectivity index (χ0) is 14.2. The van der Waals surface area contributed by atoms with Gasteiger partial charge < -0.3 is 10.5 Å². The first-order valence-corrected chi connectivity index (χ1v) is 6.50. The molecule has 0 aromatic heterocycles. The molecule has 0 amide bonds. The predicted molar refractivity (Wildman–Crippen MR) is 85.4 cm³/mol. The Morgan fingerprint density at radius 2 is 1.55 bits per heavy atom. The Hall–Kier alpha value is -0.198. The summed E-state index contributed by atoms with van der Waals surface area (Å²) in [4.78, 5) is 0. The molecule has 3 heteroatoms. The van der Waals surface area contributed by atoms with Gasteiger partial charge in [-0.25, -0.2) is 0 Å². The molecular weight excluding hydrogens is 341 g/mol. The van der Waals surface area contributed by atoms with Crippen LogP contribution in [0.25, 0.3) is 0 Å². The second-order valence-corrected chi connectivity index (χ2v) is 6.25. The fourth-order valence-electron chi connectivity index (χ4n) is 1.66. The van der Waals surface area contributed by atoms with Gasteiger partial charge in [0.05, 0.1) is 11.2 Å². The van der Waals surface area contributed by atoms with Crippen molar-refractivity contribution < 1.29 is 25.2 Å². The van der Waals surface area contributed by atoms with E-state index in [1.165, 1.54) is 5.56 Å². The minimum absolute atomic E-state index is 0. The third kappa shape index (κ3) is 17.8. The average Bonchev–Trinajstić information content (AvgIpc) is 2.15. The second kappa shape index (κ2) is 11.5. The van der Waals surface area contributed by atoms with E-state index in [-0.39, 0.29) is 39.1 Å². The summed E-state index contributed by atoms with van der Waals surface area (Å²) >= 11 is 0. The molecule has 0 saturated carbocycles. The van der Waals surface area contributed by atoms with Crippen molar-refractivity contribution in [1.82, 2.24) is 0 Å². The van der Waals surface area contributed by atoms with E-state index in [1.54, 1.807) is 0 Å². The van der Waals surface area contributed by atoms with Crippen LogP contribution in [-0.4, -0.2) is 17.7 Å². The molecule has 0 atom stereocenters. The van der Waals surface area contributed by atoms with E-state index < -0.39 is 0 Å². The average molecular weight is 373 g/mol.